The fourth-order valence-electron chi connectivity index (χ4n) is 3.31. The van der Waals surface area contributed by atoms with Crippen LogP contribution in [0.1, 0.15) is 38.5 Å². The molecule has 0 spiro atoms. The van der Waals surface area contributed by atoms with Crippen molar-refractivity contribution in [2.24, 2.45) is 17.8 Å². The molecule has 2 saturated carbocycles. The molecule has 2 aliphatic carbocycles. The van der Waals surface area contributed by atoms with Gasteiger partial charge in [0.15, 0.2) is 0 Å². The first-order chi connectivity index (χ1) is 7.31. The number of carbonyl (C=O) groups is 1. The molecule has 84 valence electrons. The van der Waals surface area contributed by atoms with Crippen LogP contribution in [0.5, 0.6) is 0 Å². The average molecular weight is 208 g/mol. The molecule has 3 unspecified atom stereocenters. The minimum absolute atomic E-state index is 0.269. The largest absolute Gasteiger partial charge is 0.462 e. The first-order valence-corrected chi connectivity index (χ1v) is 6.10. The number of ether oxygens (including phenoxy) is 1. The van der Waals surface area contributed by atoms with E-state index in [1.54, 1.807) is 0 Å². The Balaban J connectivity index is 1.82. The summed E-state index contributed by atoms with van der Waals surface area (Å²) < 4.78 is 5.17. The van der Waals surface area contributed by atoms with Gasteiger partial charge in [-0.3, -0.25) is 0 Å². The fraction of sp³-hybridized carbons (Fsp3) is 0.769. The molecule has 0 aromatic carbocycles. The van der Waals surface area contributed by atoms with E-state index in [1.807, 2.05) is 0 Å². The van der Waals surface area contributed by atoms with Gasteiger partial charge in [0.2, 0.25) is 0 Å². The predicted octanol–water partition coefficient (Wildman–Crippen LogP) is 2.93. The second-order valence-electron chi connectivity index (χ2n) is 4.88. The summed E-state index contributed by atoms with van der Waals surface area (Å²) in [5.41, 5.74) is 0. The van der Waals surface area contributed by atoms with Gasteiger partial charge in [0.1, 0.15) is 0 Å². The normalized spacial score (nSPS) is 34.5. The van der Waals surface area contributed by atoms with Crippen LogP contribution in [-0.2, 0) is 9.53 Å². The first-order valence-electron chi connectivity index (χ1n) is 6.10. The van der Waals surface area contributed by atoms with Crippen molar-refractivity contribution in [1.82, 2.24) is 0 Å². The zero-order valence-electron chi connectivity index (χ0n) is 9.28. The molecule has 0 saturated heterocycles. The van der Waals surface area contributed by atoms with Crippen LogP contribution in [0, 0.1) is 17.8 Å². The van der Waals surface area contributed by atoms with Crippen molar-refractivity contribution in [3.05, 3.63) is 12.7 Å². The molecule has 0 bridgehead atoms. The maximum atomic E-state index is 11.0. The Kier molecular flexibility index (Phi) is 3.45. The van der Waals surface area contributed by atoms with Crippen molar-refractivity contribution in [2.75, 3.05) is 6.61 Å². The van der Waals surface area contributed by atoms with Crippen LogP contribution in [0.25, 0.3) is 0 Å². The van der Waals surface area contributed by atoms with E-state index in [4.69, 9.17) is 4.74 Å². The maximum Gasteiger partial charge on any atom is 0.330 e. The van der Waals surface area contributed by atoms with E-state index in [-0.39, 0.29) is 5.97 Å². The maximum absolute atomic E-state index is 11.0. The Morgan fingerprint density at radius 3 is 2.87 bits per heavy atom. The lowest BCUT2D eigenvalue weighted by atomic mass is 9.78. The van der Waals surface area contributed by atoms with E-state index >= 15 is 0 Å². The van der Waals surface area contributed by atoms with Crippen LogP contribution < -0.4 is 0 Å². The standard InChI is InChI=1S/C13H20O2/c1-2-13(14)15-9-11-8-7-10-5-3-4-6-12(10)11/h2,10-12H,1,3-9H2. The van der Waals surface area contributed by atoms with Gasteiger partial charge in [-0.1, -0.05) is 25.8 Å². The number of esters is 1. The fourth-order valence-corrected chi connectivity index (χ4v) is 3.31. The minimum Gasteiger partial charge on any atom is -0.462 e. The molecule has 2 rings (SSSR count). The molecular formula is C13H20O2. The summed E-state index contributed by atoms with van der Waals surface area (Å²) in [6.07, 6.45) is 9.37. The van der Waals surface area contributed by atoms with Gasteiger partial charge < -0.3 is 4.74 Å². The van der Waals surface area contributed by atoms with Crippen LogP contribution in [-0.4, -0.2) is 12.6 Å². The van der Waals surface area contributed by atoms with Crippen LogP contribution >= 0.6 is 0 Å². The molecule has 0 N–H and O–H groups in total. The van der Waals surface area contributed by atoms with Gasteiger partial charge in [0.05, 0.1) is 6.61 Å². The van der Waals surface area contributed by atoms with Gasteiger partial charge in [0.25, 0.3) is 0 Å². The lowest BCUT2D eigenvalue weighted by Crippen LogP contribution is -2.23. The summed E-state index contributed by atoms with van der Waals surface area (Å²) in [7, 11) is 0. The highest BCUT2D eigenvalue weighted by atomic mass is 16.5. The zero-order chi connectivity index (χ0) is 10.7. The lowest BCUT2D eigenvalue weighted by molar-refractivity contribution is -0.139. The van der Waals surface area contributed by atoms with Crippen molar-refractivity contribution in [3.8, 4) is 0 Å². The molecule has 15 heavy (non-hydrogen) atoms. The number of hydrogen-bond acceptors (Lipinski definition) is 2. The summed E-state index contributed by atoms with van der Waals surface area (Å²) in [6.45, 7) is 4.03. The van der Waals surface area contributed by atoms with Gasteiger partial charge in [-0.15, -0.1) is 0 Å². The molecule has 0 aromatic heterocycles. The van der Waals surface area contributed by atoms with Gasteiger partial charge in [-0.25, -0.2) is 4.79 Å². The summed E-state index contributed by atoms with van der Waals surface area (Å²) in [6, 6.07) is 0. The van der Waals surface area contributed by atoms with Crippen LogP contribution in [0.15, 0.2) is 12.7 Å². The van der Waals surface area contributed by atoms with Crippen molar-refractivity contribution in [3.63, 3.8) is 0 Å². The van der Waals surface area contributed by atoms with E-state index < -0.39 is 0 Å². The molecule has 2 nitrogen and oxygen atoms in total. The van der Waals surface area contributed by atoms with E-state index in [2.05, 4.69) is 6.58 Å². The minimum atomic E-state index is -0.269. The second-order valence-corrected chi connectivity index (χ2v) is 4.88. The molecule has 3 atom stereocenters. The van der Waals surface area contributed by atoms with Crippen LogP contribution in [0.4, 0.5) is 0 Å². The van der Waals surface area contributed by atoms with Crippen molar-refractivity contribution < 1.29 is 9.53 Å². The number of carbonyl (C=O) groups excluding carboxylic acids is 1. The number of fused-ring (bicyclic) bond motifs is 1. The first kappa shape index (κ1) is 10.7. The third kappa shape index (κ3) is 2.42. The molecule has 0 heterocycles. The number of hydrogen-bond donors (Lipinski definition) is 0. The Morgan fingerprint density at radius 1 is 1.27 bits per heavy atom. The third-order valence-electron chi connectivity index (χ3n) is 4.09. The monoisotopic (exact) mass is 208 g/mol. The average Bonchev–Trinajstić information content (AvgIpc) is 2.69. The summed E-state index contributed by atoms with van der Waals surface area (Å²) in [5, 5.41) is 0. The van der Waals surface area contributed by atoms with Gasteiger partial charge in [-0.2, -0.15) is 0 Å². The van der Waals surface area contributed by atoms with Crippen LogP contribution in [0.3, 0.4) is 0 Å². The van der Waals surface area contributed by atoms with Crippen molar-refractivity contribution in [2.45, 2.75) is 38.5 Å². The van der Waals surface area contributed by atoms with Gasteiger partial charge in [-0.05, 0) is 37.0 Å². The predicted molar refractivity (Wildman–Crippen MR) is 59.3 cm³/mol. The van der Waals surface area contributed by atoms with E-state index in [0.29, 0.717) is 12.5 Å². The van der Waals surface area contributed by atoms with Gasteiger partial charge in [0, 0.05) is 6.08 Å². The molecule has 2 fully saturated rings. The smallest absolute Gasteiger partial charge is 0.330 e. The third-order valence-corrected chi connectivity index (χ3v) is 4.09. The molecule has 2 heteroatoms. The summed E-state index contributed by atoms with van der Waals surface area (Å²) >= 11 is 0. The Bertz CT molecular complexity index is 247. The lowest BCUT2D eigenvalue weighted by Gasteiger charge is -2.28. The molecule has 0 aromatic rings. The Hall–Kier alpha value is -0.790. The highest BCUT2D eigenvalue weighted by Crippen LogP contribution is 2.45. The second kappa shape index (κ2) is 4.82. The highest BCUT2D eigenvalue weighted by Gasteiger charge is 2.37. The topological polar surface area (TPSA) is 26.3 Å². The molecule has 0 amide bonds. The molecular weight excluding hydrogens is 188 g/mol. The quantitative estimate of drug-likeness (QED) is 0.526. The van der Waals surface area contributed by atoms with Crippen molar-refractivity contribution in [1.29, 1.82) is 0 Å². The van der Waals surface area contributed by atoms with E-state index in [9.17, 15) is 4.79 Å². The van der Waals surface area contributed by atoms with Crippen molar-refractivity contribution >= 4 is 5.97 Å². The number of rotatable bonds is 3. The SMILES string of the molecule is C=CC(=O)OCC1CCC2CCCCC21. The zero-order valence-corrected chi connectivity index (χ0v) is 9.28. The summed E-state index contributed by atoms with van der Waals surface area (Å²) in [4.78, 5) is 11.0. The van der Waals surface area contributed by atoms with Gasteiger partial charge >= 0.3 is 5.97 Å². The van der Waals surface area contributed by atoms with Crippen LogP contribution in [0.2, 0.25) is 0 Å². The highest BCUT2D eigenvalue weighted by molar-refractivity contribution is 5.81. The molecule has 2 aliphatic rings. The van der Waals surface area contributed by atoms with E-state index in [1.165, 1.54) is 44.6 Å². The Morgan fingerprint density at radius 2 is 2.07 bits per heavy atom. The van der Waals surface area contributed by atoms with E-state index in [0.717, 1.165) is 11.8 Å². The molecule has 0 aliphatic heterocycles. The molecule has 0 radical (unpaired) electrons. The summed E-state index contributed by atoms with van der Waals surface area (Å²) in [5.74, 6) is 2.11. The Labute approximate surface area is 91.7 Å².